The highest BCUT2D eigenvalue weighted by atomic mass is 79.9. The first kappa shape index (κ1) is 18.5. The Bertz CT molecular complexity index is 675. The molecule has 5 heteroatoms. The Morgan fingerprint density at radius 2 is 1.77 bits per heavy atom. The number of aryl methyl sites for hydroxylation is 1. The van der Waals surface area contributed by atoms with Crippen LogP contribution in [0.5, 0.6) is 0 Å². The molecule has 4 bridgehead atoms. The predicted octanol–water partition coefficient (Wildman–Crippen LogP) is 4.93. The molecule has 26 heavy (non-hydrogen) atoms. The molecule has 144 valence electrons. The summed E-state index contributed by atoms with van der Waals surface area (Å²) >= 11 is 3.57. The number of rotatable bonds is 5. The number of nitrogens with zero attached hydrogens (tertiary/aromatic N) is 2. The summed E-state index contributed by atoms with van der Waals surface area (Å²) < 4.78 is 2.87. The van der Waals surface area contributed by atoms with Crippen LogP contribution in [0.3, 0.4) is 0 Å². The molecule has 0 spiro atoms. The predicted molar refractivity (Wildman–Crippen MR) is 107 cm³/mol. The van der Waals surface area contributed by atoms with Crippen LogP contribution in [0.4, 0.5) is 0 Å². The van der Waals surface area contributed by atoms with E-state index in [1.54, 1.807) is 0 Å². The van der Waals surface area contributed by atoms with Crippen molar-refractivity contribution in [2.45, 2.75) is 84.7 Å². The zero-order valence-electron chi connectivity index (χ0n) is 16.5. The zero-order chi connectivity index (χ0) is 18.6. The minimum Gasteiger partial charge on any atom is -0.351 e. The van der Waals surface area contributed by atoms with E-state index >= 15 is 0 Å². The lowest BCUT2D eigenvalue weighted by Gasteiger charge is -2.59. The zero-order valence-corrected chi connectivity index (χ0v) is 18.1. The molecule has 4 fully saturated rings. The maximum atomic E-state index is 13.1. The highest BCUT2D eigenvalue weighted by Gasteiger charge is 2.54. The van der Waals surface area contributed by atoms with Crippen molar-refractivity contribution < 1.29 is 4.79 Å². The van der Waals surface area contributed by atoms with E-state index in [9.17, 15) is 4.79 Å². The van der Waals surface area contributed by atoms with Crippen LogP contribution in [0.15, 0.2) is 4.47 Å². The van der Waals surface area contributed by atoms with Crippen LogP contribution in [-0.4, -0.2) is 21.7 Å². The van der Waals surface area contributed by atoms with E-state index in [2.05, 4.69) is 33.3 Å². The van der Waals surface area contributed by atoms with Crippen molar-refractivity contribution in [2.75, 3.05) is 0 Å². The summed E-state index contributed by atoms with van der Waals surface area (Å²) in [5.74, 6) is 2.86. The number of nitrogens with one attached hydrogen (secondary N) is 1. The molecule has 2 unspecified atom stereocenters. The van der Waals surface area contributed by atoms with Crippen LogP contribution in [0.2, 0.25) is 0 Å². The largest absolute Gasteiger partial charge is 0.351 e. The smallest absolute Gasteiger partial charge is 0.244 e. The molecule has 0 saturated heterocycles. The Balaban J connectivity index is 1.51. The molecule has 4 aliphatic carbocycles. The van der Waals surface area contributed by atoms with Crippen molar-refractivity contribution in [3.63, 3.8) is 0 Å². The molecular formula is C21H32BrN3O. The summed E-state index contributed by atoms with van der Waals surface area (Å²) in [4.78, 5) is 13.1. The number of carbonyl (C=O) groups is 1. The number of hydrogen-bond acceptors (Lipinski definition) is 2. The fourth-order valence-corrected chi connectivity index (χ4v) is 6.98. The lowest BCUT2D eigenvalue weighted by Crippen LogP contribution is -2.57. The van der Waals surface area contributed by atoms with Crippen molar-refractivity contribution >= 4 is 21.8 Å². The molecule has 0 aliphatic heterocycles. The maximum absolute atomic E-state index is 13.1. The van der Waals surface area contributed by atoms with Crippen LogP contribution in [0.1, 0.15) is 76.2 Å². The standard InChI is InChI=1S/C21H32BrN3O/c1-5-18(21-9-15-6-16(10-21)8-17(7-15)11-21)23-20(26)14(4)25-13(3)19(22)12(2)24-25/h14-18H,5-11H2,1-4H3,(H,23,26). The van der Waals surface area contributed by atoms with Crippen LogP contribution in [0.25, 0.3) is 0 Å². The molecule has 5 rings (SSSR count). The van der Waals surface area contributed by atoms with Gasteiger partial charge < -0.3 is 5.32 Å². The normalized spacial score (nSPS) is 34.7. The molecular weight excluding hydrogens is 390 g/mol. The minimum absolute atomic E-state index is 0.116. The summed E-state index contributed by atoms with van der Waals surface area (Å²) in [6.07, 6.45) is 9.36. The molecule has 0 aromatic carbocycles. The van der Waals surface area contributed by atoms with Gasteiger partial charge in [-0.05, 0) is 105 Å². The molecule has 1 amide bonds. The van der Waals surface area contributed by atoms with Gasteiger partial charge in [-0.15, -0.1) is 0 Å². The van der Waals surface area contributed by atoms with Crippen LogP contribution in [-0.2, 0) is 4.79 Å². The van der Waals surface area contributed by atoms with Crippen molar-refractivity contribution in [2.24, 2.45) is 23.2 Å². The number of amides is 1. The van der Waals surface area contributed by atoms with E-state index in [0.29, 0.717) is 11.5 Å². The number of hydrogen-bond donors (Lipinski definition) is 1. The Kier molecular flexibility index (Phi) is 4.73. The first-order chi connectivity index (χ1) is 12.3. The molecule has 1 N–H and O–H groups in total. The lowest BCUT2D eigenvalue weighted by atomic mass is 9.47. The summed E-state index contributed by atoms with van der Waals surface area (Å²) in [5.41, 5.74) is 2.32. The van der Waals surface area contributed by atoms with Gasteiger partial charge in [0, 0.05) is 6.04 Å². The van der Waals surface area contributed by atoms with Gasteiger partial charge in [0.1, 0.15) is 6.04 Å². The van der Waals surface area contributed by atoms with E-state index in [1.165, 1.54) is 38.5 Å². The van der Waals surface area contributed by atoms with Gasteiger partial charge in [0.25, 0.3) is 0 Å². The molecule has 1 heterocycles. The summed E-state index contributed by atoms with van der Waals surface area (Å²) in [7, 11) is 0. The Hall–Kier alpha value is -0.840. The third-order valence-corrected chi connectivity index (χ3v) is 8.68. The minimum atomic E-state index is -0.275. The first-order valence-electron chi connectivity index (χ1n) is 10.3. The first-order valence-corrected chi connectivity index (χ1v) is 11.1. The number of halogens is 1. The van der Waals surface area contributed by atoms with Crippen LogP contribution < -0.4 is 5.32 Å². The average Bonchev–Trinajstić information content (AvgIpc) is 2.85. The maximum Gasteiger partial charge on any atom is 0.244 e. The van der Waals surface area contributed by atoms with E-state index < -0.39 is 0 Å². The van der Waals surface area contributed by atoms with Gasteiger partial charge >= 0.3 is 0 Å². The molecule has 4 aliphatic rings. The fraction of sp³-hybridized carbons (Fsp3) is 0.810. The Morgan fingerprint density at radius 1 is 1.23 bits per heavy atom. The van der Waals surface area contributed by atoms with Crippen molar-refractivity contribution in [1.82, 2.24) is 15.1 Å². The molecule has 2 atom stereocenters. The van der Waals surface area contributed by atoms with Gasteiger partial charge in [0.05, 0.1) is 15.9 Å². The van der Waals surface area contributed by atoms with Crippen LogP contribution in [0, 0.1) is 37.0 Å². The van der Waals surface area contributed by atoms with Gasteiger partial charge in [-0.25, -0.2) is 0 Å². The topological polar surface area (TPSA) is 46.9 Å². The molecule has 4 nitrogen and oxygen atoms in total. The summed E-state index contributed by atoms with van der Waals surface area (Å²) in [6.45, 7) is 8.20. The lowest BCUT2D eigenvalue weighted by molar-refractivity contribution is -0.129. The van der Waals surface area contributed by atoms with Crippen molar-refractivity contribution in [3.05, 3.63) is 15.9 Å². The van der Waals surface area contributed by atoms with E-state index in [-0.39, 0.29) is 11.9 Å². The van der Waals surface area contributed by atoms with Gasteiger partial charge in [0.2, 0.25) is 5.91 Å². The SMILES string of the molecule is CCC(NC(=O)C(C)n1nc(C)c(Br)c1C)C12CC3CC(CC(C3)C1)C2. The van der Waals surface area contributed by atoms with Gasteiger partial charge in [-0.2, -0.15) is 5.10 Å². The van der Waals surface area contributed by atoms with Crippen LogP contribution >= 0.6 is 15.9 Å². The Labute approximate surface area is 165 Å². The van der Waals surface area contributed by atoms with E-state index in [0.717, 1.165) is 40.0 Å². The molecule has 4 saturated carbocycles. The Morgan fingerprint density at radius 3 is 2.19 bits per heavy atom. The van der Waals surface area contributed by atoms with Gasteiger partial charge in [-0.3, -0.25) is 9.48 Å². The number of aromatic nitrogens is 2. The second-order valence-corrected chi connectivity index (χ2v) is 10.1. The molecule has 0 radical (unpaired) electrons. The second-order valence-electron chi connectivity index (χ2n) is 9.35. The van der Waals surface area contributed by atoms with Crippen molar-refractivity contribution in [3.8, 4) is 0 Å². The third kappa shape index (κ3) is 2.94. The quantitative estimate of drug-likeness (QED) is 0.731. The van der Waals surface area contributed by atoms with Crippen molar-refractivity contribution in [1.29, 1.82) is 0 Å². The average molecular weight is 422 g/mol. The highest BCUT2D eigenvalue weighted by molar-refractivity contribution is 9.10. The third-order valence-electron chi connectivity index (χ3n) is 7.53. The van der Waals surface area contributed by atoms with E-state index in [4.69, 9.17) is 0 Å². The summed E-state index contributed by atoms with van der Waals surface area (Å²) in [5, 5.41) is 8.03. The summed E-state index contributed by atoms with van der Waals surface area (Å²) in [6, 6.07) is 0.0363. The van der Waals surface area contributed by atoms with E-state index in [1.807, 2.05) is 25.5 Å². The molecule has 1 aromatic heterocycles. The highest BCUT2D eigenvalue weighted by Crippen LogP contribution is 2.61. The van der Waals surface area contributed by atoms with Gasteiger partial charge in [-0.1, -0.05) is 6.92 Å². The van der Waals surface area contributed by atoms with Gasteiger partial charge in [0.15, 0.2) is 0 Å². The fourth-order valence-electron chi connectivity index (χ4n) is 6.72. The molecule has 1 aromatic rings. The monoisotopic (exact) mass is 421 g/mol. The second kappa shape index (κ2) is 6.65. The number of carbonyl (C=O) groups excluding carboxylic acids is 1.